The number of aromatic nitrogens is 2. The lowest BCUT2D eigenvalue weighted by Gasteiger charge is -2.32. The predicted molar refractivity (Wildman–Crippen MR) is 265 cm³/mol. The van der Waals surface area contributed by atoms with Gasteiger partial charge in [0.2, 0.25) is 0 Å². The molecule has 6 nitrogen and oxygen atoms in total. The molecule has 0 saturated heterocycles. The SMILES string of the molecule is CC(C)c1cccc(C(C)C)c1N1/C(=C\C=C2C(=O)c3cc4ccccc4cc3C2=O)N(c2c(-c3cc(Cl)ccc3Cl)cccc2-c2cc(Cl)ccc2Cl)c2nc3ccccc3nc21. The number of Topliss-reactive ketones (excluding diaryl/α,β-unsaturated/α-hetero) is 2. The molecule has 1 aliphatic carbocycles. The molecule has 2 heterocycles. The van der Waals surface area contributed by atoms with Crippen molar-refractivity contribution >= 4 is 103 Å². The van der Waals surface area contributed by atoms with Gasteiger partial charge in [-0.25, -0.2) is 9.97 Å². The first-order valence-electron chi connectivity index (χ1n) is 21.0. The van der Waals surface area contributed by atoms with Gasteiger partial charge in [-0.1, -0.05) is 147 Å². The second-order valence-electron chi connectivity index (χ2n) is 16.6. The van der Waals surface area contributed by atoms with E-state index in [1.807, 2.05) is 102 Å². The molecule has 0 amide bonds. The molecule has 7 aromatic carbocycles. The van der Waals surface area contributed by atoms with Crippen molar-refractivity contribution in [1.29, 1.82) is 0 Å². The van der Waals surface area contributed by atoms with E-state index in [9.17, 15) is 9.59 Å². The quantitative estimate of drug-likeness (QED) is 0.117. The van der Waals surface area contributed by atoms with E-state index >= 15 is 0 Å². The number of fused-ring (bicyclic) bond motifs is 4. The van der Waals surface area contributed by atoms with E-state index in [0.717, 1.165) is 27.6 Å². The predicted octanol–water partition coefficient (Wildman–Crippen LogP) is 16.1. The van der Waals surface area contributed by atoms with Crippen molar-refractivity contribution in [2.45, 2.75) is 39.5 Å². The normalized spacial score (nSPS) is 14.2. The van der Waals surface area contributed by atoms with Gasteiger partial charge >= 0.3 is 0 Å². The lowest BCUT2D eigenvalue weighted by Crippen LogP contribution is -2.25. The van der Waals surface area contributed by atoms with E-state index in [-0.39, 0.29) is 29.0 Å². The molecule has 0 saturated carbocycles. The Hall–Kier alpha value is -6.28. The second kappa shape index (κ2) is 16.4. The van der Waals surface area contributed by atoms with Crippen molar-refractivity contribution < 1.29 is 9.59 Å². The van der Waals surface area contributed by atoms with Crippen LogP contribution in [0.15, 0.2) is 157 Å². The van der Waals surface area contributed by atoms with Gasteiger partial charge in [-0.2, -0.15) is 0 Å². The molecule has 0 atom stereocenters. The minimum absolute atomic E-state index is 0.0465. The molecule has 0 N–H and O–H groups in total. The number of ketones is 2. The summed E-state index contributed by atoms with van der Waals surface area (Å²) < 4.78 is 0. The van der Waals surface area contributed by atoms with E-state index in [2.05, 4.69) is 50.8 Å². The van der Waals surface area contributed by atoms with E-state index < -0.39 is 0 Å². The highest BCUT2D eigenvalue weighted by Crippen LogP contribution is 2.56. The number of anilines is 4. The fraction of sp³-hybridized carbons (Fsp3) is 0.111. The molecule has 0 unspecified atom stereocenters. The van der Waals surface area contributed by atoms with Crippen molar-refractivity contribution in [3.8, 4) is 22.3 Å². The second-order valence-corrected chi connectivity index (χ2v) is 18.3. The monoisotopic (exact) mass is 914 g/mol. The molecule has 1 aromatic heterocycles. The highest BCUT2D eigenvalue weighted by Gasteiger charge is 2.42. The summed E-state index contributed by atoms with van der Waals surface area (Å²) in [6, 6.07) is 42.1. The molecular weight excluding hydrogens is 878 g/mol. The average Bonchev–Trinajstić information content (AvgIpc) is 3.72. The number of hydrogen-bond donors (Lipinski definition) is 0. The van der Waals surface area contributed by atoms with Crippen LogP contribution < -0.4 is 9.80 Å². The standard InChI is InChI=1S/C54H38Cl4N4O2/c1-29(2)35-13-9-14-36(30(3)4)49(35)61-48(24-21-39-51(63)42-25-31-11-5-6-12-32(31)26-43(42)52(39)64)62(54-53(61)59-46-17-7-8-18-47(46)60-54)50-37(40-27-33(55)19-22-44(40)57)15-10-16-38(50)41-28-34(56)20-23-45(41)58/h5-30H,1-4H3/b48-24+. The average molecular weight is 917 g/mol. The summed E-state index contributed by atoms with van der Waals surface area (Å²) in [4.78, 5) is 43.8. The summed E-state index contributed by atoms with van der Waals surface area (Å²) in [5.74, 6) is 1.08. The maximum atomic E-state index is 14.4. The van der Waals surface area contributed by atoms with Gasteiger partial charge in [0.1, 0.15) is 5.82 Å². The van der Waals surface area contributed by atoms with E-state index in [1.165, 1.54) is 0 Å². The molecule has 2 aliphatic rings. The van der Waals surface area contributed by atoms with Crippen LogP contribution in [0, 0.1) is 0 Å². The molecule has 10 rings (SSSR count). The number of carbonyl (C=O) groups is 2. The Labute approximate surface area is 391 Å². The first kappa shape index (κ1) is 41.7. The molecular formula is C54H38Cl4N4O2. The Bertz CT molecular complexity index is 3200. The highest BCUT2D eigenvalue weighted by atomic mass is 35.5. The zero-order chi connectivity index (χ0) is 44.6. The molecule has 64 heavy (non-hydrogen) atoms. The van der Waals surface area contributed by atoms with Gasteiger partial charge in [-0.15, -0.1) is 0 Å². The largest absolute Gasteiger partial charge is 0.288 e. The Morgan fingerprint density at radius 2 is 0.922 bits per heavy atom. The molecule has 0 bridgehead atoms. The highest BCUT2D eigenvalue weighted by molar-refractivity contribution is 6.40. The van der Waals surface area contributed by atoms with E-state index in [1.54, 1.807) is 30.3 Å². The van der Waals surface area contributed by atoms with Crippen LogP contribution in [-0.4, -0.2) is 21.5 Å². The van der Waals surface area contributed by atoms with Crippen LogP contribution in [0.4, 0.5) is 23.0 Å². The number of hydrogen-bond acceptors (Lipinski definition) is 6. The molecule has 8 aromatic rings. The maximum Gasteiger partial charge on any atom is 0.197 e. The number of rotatable bonds is 7. The summed E-state index contributed by atoms with van der Waals surface area (Å²) in [5.41, 5.74) is 8.57. The zero-order valence-electron chi connectivity index (χ0n) is 35.1. The molecule has 1 aliphatic heterocycles. The number of allylic oxidation sites excluding steroid dienone is 3. The van der Waals surface area contributed by atoms with Crippen LogP contribution in [-0.2, 0) is 0 Å². The van der Waals surface area contributed by atoms with Crippen LogP contribution in [0.3, 0.4) is 0 Å². The first-order chi connectivity index (χ1) is 30.9. The minimum Gasteiger partial charge on any atom is -0.288 e. The Kier molecular flexibility index (Phi) is 10.7. The van der Waals surface area contributed by atoms with Crippen molar-refractivity contribution in [2.24, 2.45) is 0 Å². The number of benzene rings is 7. The van der Waals surface area contributed by atoms with Crippen LogP contribution >= 0.6 is 46.4 Å². The van der Waals surface area contributed by atoms with E-state index in [0.29, 0.717) is 87.6 Å². The summed E-state index contributed by atoms with van der Waals surface area (Å²) in [6.45, 7) is 8.67. The van der Waals surface area contributed by atoms with Gasteiger partial charge in [0.15, 0.2) is 23.2 Å². The smallest absolute Gasteiger partial charge is 0.197 e. The first-order valence-corrected chi connectivity index (χ1v) is 22.5. The Balaban J connectivity index is 1.35. The number of para-hydroxylation sites is 4. The number of halogens is 4. The third-order valence-electron chi connectivity index (χ3n) is 11.9. The number of carbonyl (C=O) groups excluding carboxylic acids is 2. The van der Waals surface area contributed by atoms with Crippen LogP contribution in [0.25, 0.3) is 44.1 Å². The van der Waals surface area contributed by atoms with Crippen molar-refractivity contribution in [3.05, 3.63) is 199 Å². The van der Waals surface area contributed by atoms with Crippen LogP contribution in [0.2, 0.25) is 20.1 Å². The molecule has 0 radical (unpaired) electrons. The summed E-state index contributed by atoms with van der Waals surface area (Å²) in [5, 5.41) is 3.67. The Morgan fingerprint density at radius 1 is 0.469 bits per heavy atom. The topological polar surface area (TPSA) is 66.4 Å². The molecule has 0 spiro atoms. The zero-order valence-corrected chi connectivity index (χ0v) is 38.2. The van der Waals surface area contributed by atoms with E-state index in [4.69, 9.17) is 56.4 Å². The van der Waals surface area contributed by atoms with Crippen LogP contribution in [0.1, 0.15) is 71.4 Å². The third kappa shape index (κ3) is 6.97. The van der Waals surface area contributed by atoms with Crippen molar-refractivity contribution in [1.82, 2.24) is 9.97 Å². The Morgan fingerprint density at radius 3 is 1.41 bits per heavy atom. The van der Waals surface area contributed by atoms with Gasteiger partial charge in [-0.3, -0.25) is 19.4 Å². The van der Waals surface area contributed by atoms with Gasteiger partial charge in [-0.05, 0) is 107 Å². The van der Waals surface area contributed by atoms with Crippen LogP contribution in [0.5, 0.6) is 0 Å². The van der Waals surface area contributed by atoms with Gasteiger partial charge in [0.25, 0.3) is 0 Å². The van der Waals surface area contributed by atoms with Gasteiger partial charge < -0.3 is 0 Å². The fourth-order valence-corrected chi connectivity index (χ4v) is 9.69. The maximum absolute atomic E-state index is 14.4. The fourth-order valence-electron chi connectivity index (χ4n) is 8.90. The van der Waals surface area contributed by atoms with Gasteiger partial charge in [0.05, 0.1) is 28.0 Å². The summed E-state index contributed by atoms with van der Waals surface area (Å²) in [6.07, 6.45) is 3.48. The molecule has 314 valence electrons. The summed E-state index contributed by atoms with van der Waals surface area (Å²) >= 11 is 27.7. The lowest BCUT2D eigenvalue weighted by atomic mass is 9.92. The molecule has 0 fully saturated rings. The minimum atomic E-state index is -0.346. The van der Waals surface area contributed by atoms with Crippen molar-refractivity contribution in [3.63, 3.8) is 0 Å². The summed E-state index contributed by atoms with van der Waals surface area (Å²) in [7, 11) is 0. The van der Waals surface area contributed by atoms with Gasteiger partial charge in [0, 0.05) is 53.5 Å². The lowest BCUT2D eigenvalue weighted by molar-refractivity contribution is 0.0988. The third-order valence-corrected chi connectivity index (χ3v) is 13.1. The molecule has 10 heteroatoms. The van der Waals surface area contributed by atoms with Crippen molar-refractivity contribution in [2.75, 3.05) is 9.80 Å². The number of nitrogens with zero attached hydrogens (tertiary/aromatic N) is 4.